The van der Waals surface area contributed by atoms with Crippen LogP contribution in [-0.2, 0) is 9.53 Å². The molecule has 2 heterocycles. The van der Waals surface area contributed by atoms with Gasteiger partial charge in [0.2, 0.25) is 5.82 Å². The van der Waals surface area contributed by atoms with Gasteiger partial charge >= 0.3 is 6.18 Å². The van der Waals surface area contributed by atoms with Gasteiger partial charge in [-0.05, 0) is 31.5 Å². The van der Waals surface area contributed by atoms with Crippen LogP contribution in [0.1, 0.15) is 42.2 Å². The molecule has 1 aliphatic heterocycles. The number of pyridine rings is 1. The summed E-state index contributed by atoms with van der Waals surface area (Å²) >= 11 is 0. The number of anilines is 1. The molecule has 184 valence electrons. The van der Waals surface area contributed by atoms with Gasteiger partial charge < -0.3 is 20.5 Å². The molecule has 1 aliphatic rings. The minimum Gasteiger partial charge on any atom is -0.493 e. The average molecular weight is 487 g/mol. The standard InChI is InChI=1S/C22H22F5N3O4/c1-4-12-15(11-5-6-13(23)16(24)17(11)33-3)18(34-21(12,2)22(25,26)27)20(32)30-10-7-8-29-14(9-10)19(28)31/h5-9,12,15,18H,4H2,1-3H3,(H2,28,31)(H,29,30,32)/t12-,15+,18-,21+/m0/s1. The molecule has 4 atom stereocenters. The second-order valence-electron chi connectivity index (χ2n) is 7.95. The fourth-order valence-corrected chi connectivity index (χ4v) is 4.37. The number of nitrogens with one attached hydrogen (secondary N) is 1. The molecule has 34 heavy (non-hydrogen) atoms. The summed E-state index contributed by atoms with van der Waals surface area (Å²) < 4.78 is 80.9. The van der Waals surface area contributed by atoms with Crippen molar-refractivity contribution in [2.45, 2.75) is 44.1 Å². The summed E-state index contributed by atoms with van der Waals surface area (Å²) in [6, 6.07) is 4.27. The van der Waals surface area contributed by atoms with E-state index < -0.39 is 58.9 Å². The first-order chi connectivity index (χ1) is 15.9. The molecule has 0 radical (unpaired) electrons. The van der Waals surface area contributed by atoms with Crippen LogP contribution < -0.4 is 15.8 Å². The van der Waals surface area contributed by atoms with Gasteiger partial charge in [-0.1, -0.05) is 13.0 Å². The Labute approximate surface area is 191 Å². The second kappa shape index (κ2) is 9.16. The number of hydrogen-bond donors (Lipinski definition) is 2. The van der Waals surface area contributed by atoms with Gasteiger partial charge in [-0.3, -0.25) is 14.6 Å². The molecule has 0 aliphatic carbocycles. The summed E-state index contributed by atoms with van der Waals surface area (Å²) in [5.41, 5.74) is 2.09. The topological polar surface area (TPSA) is 104 Å². The quantitative estimate of drug-likeness (QED) is 0.601. The van der Waals surface area contributed by atoms with Gasteiger partial charge in [0.05, 0.1) is 7.11 Å². The van der Waals surface area contributed by atoms with E-state index in [4.69, 9.17) is 15.2 Å². The third-order valence-corrected chi connectivity index (χ3v) is 6.02. The lowest BCUT2D eigenvalue weighted by molar-refractivity contribution is -0.274. The Bertz CT molecular complexity index is 1110. The average Bonchev–Trinajstić information content (AvgIpc) is 3.09. The van der Waals surface area contributed by atoms with Crippen molar-refractivity contribution < 1.29 is 41.0 Å². The number of benzene rings is 1. The molecule has 0 bridgehead atoms. The summed E-state index contributed by atoms with van der Waals surface area (Å²) in [4.78, 5) is 28.2. The van der Waals surface area contributed by atoms with Crippen molar-refractivity contribution in [3.05, 3.63) is 53.4 Å². The van der Waals surface area contributed by atoms with Crippen molar-refractivity contribution in [3.63, 3.8) is 0 Å². The number of halogens is 5. The van der Waals surface area contributed by atoms with Crippen molar-refractivity contribution in [1.29, 1.82) is 0 Å². The molecule has 1 fully saturated rings. The molecule has 2 aromatic rings. The summed E-state index contributed by atoms with van der Waals surface area (Å²) in [6.07, 6.45) is -5.58. The first kappa shape index (κ1) is 25.3. The zero-order valence-corrected chi connectivity index (χ0v) is 18.4. The molecule has 12 heteroatoms. The van der Waals surface area contributed by atoms with Crippen LogP contribution in [0, 0.1) is 17.6 Å². The zero-order valence-electron chi connectivity index (χ0n) is 18.4. The maximum atomic E-state index is 14.5. The maximum Gasteiger partial charge on any atom is 0.417 e. The lowest BCUT2D eigenvalue weighted by Gasteiger charge is -2.33. The van der Waals surface area contributed by atoms with Crippen LogP contribution in [0.5, 0.6) is 5.75 Å². The Morgan fingerprint density at radius 3 is 2.50 bits per heavy atom. The Morgan fingerprint density at radius 1 is 1.26 bits per heavy atom. The van der Waals surface area contributed by atoms with Crippen LogP contribution in [0.2, 0.25) is 0 Å². The summed E-state index contributed by atoms with van der Waals surface area (Å²) in [5.74, 6) is -7.84. The number of amides is 2. The molecule has 1 saturated heterocycles. The highest BCUT2D eigenvalue weighted by molar-refractivity contribution is 5.97. The SMILES string of the molecule is CC[C@H]1[C@@H](c2ccc(F)c(F)c2OC)[C@@H](C(=O)Nc2ccnc(C(N)=O)c2)O[C@@]1(C)C(F)(F)F. The van der Waals surface area contributed by atoms with Crippen LogP contribution in [0.25, 0.3) is 0 Å². The van der Waals surface area contributed by atoms with Gasteiger partial charge in [0.1, 0.15) is 11.8 Å². The number of rotatable bonds is 6. The van der Waals surface area contributed by atoms with E-state index in [1.165, 1.54) is 19.2 Å². The van der Waals surface area contributed by atoms with Gasteiger partial charge in [-0.15, -0.1) is 0 Å². The third-order valence-electron chi connectivity index (χ3n) is 6.02. The number of hydrogen-bond acceptors (Lipinski definition) is 5. The van der Waals surface area contributed by atoms with Crippen LogP contribution in [0.3, 0.4) is 0 Å². The van der Waals surface area contributed by atoms with Gasteiger partial charge in [-0.25, -0.2) is 4.39 Å². The Morgan fingerprint density at radius 2 is 1.94 bits per heavy atom. The Balaban J connectivity index is 2.11. The number of nitrogens with two attached hydrogens (primary N) is 1. The summed E-state index contributed by atoms with van der Waals surface area (Å²) in [7, 11) is 1.04. The van der Waals surface area contributed by atoms with E-state index in [-0.39, 0.29) is 23.4 Å². The number of ether oxygens (including phenoxy) is 2. The molecule has 3 rings (SSSR count). The lowest BCUT2D eigenvalue weighted by Crippen LogP contribution is -2.48. The number of primary amides is 1. The van der Waals surface area contributed by atoms with Crippen molar-refractivity contribution in [1.82, 2.24) is 4.98 Å². The zero-order chi connectivity index (χ0) is 25.4. The predicted octanol–water partition coefficient (Wildman–Crippen LogP) is 3.94. The van der Waals surface area contributed by atoms with Crippen molar-refractivity contribution in [2.75, 3.05) is 12.4 Å². The van der Waals surface area contributed by atoms with Gasteiger partial charge in [-0.2, -0.15) is 17.6 Å². The van der Waals surface area contributed by atoms with Crippen LogP contribution in [0.4, 0.5) is 27.6 Å². The second-order valence-corrected chi connectivity index (χ2v) is 7.95. The number of nitrogens with zero attached hydrogens (tertiary/aromatic N) is 1. The van der Waals surface area contributed by atoms with E-state index in [0.717, 1.165) is 32.2 Å². The fourth-order valence-electron chi connectivity index (χ4n) is 4.37. The highest BCUT2D eigenvalue weighted by atomic mass is 19.4. The molecule has 1 aromatic heterocycles. The normalized spacial score (nSPS) is 24.6. The van der Waals surface area contributed by atoms with Crippen LogP contribution in [0.15, 0.2) is 30.5 Å². The number of methoxy groups -OCH3 is 1. The maximum absolute atomic E-state index is 14.5. The molecule has 0 spiro atoms. The minimum atomic E-state index is -4.89. The highest BCUT2D eigenvalue weighted by Crippen LogP contribution is 2.56. The molecular formula is C22H22F5N3O4. The number of alkyl halides is 3. The van der Waals surface area contributed by atoms with Gasteiger partial charge in [0.25, 0.3) is 11.8 Å². The van der Waals surface area contributed by atoms with Gasteiger partial charge in [0.15, 0.2) is 17.2 Å². The predicted molar refractivity (Wildman–Crippen MR) is 110 cm³/mol. The monoisotopic (exact) mass is 487 g/mol. The first-order valence-corrected chi connectivity index (χ1v) is 10.2. The van der Waals surface area contributed by atoms with E-state index in [2.05, 4.69) is 10.3 Å². The fraction of sp³-hybridized carbons (Fsp3) is 0.409. The molecule has 7 nitrogen and oxygen atoms in total. The molecule has 0 saturated carbocycles. The molecule has 0 unspecified atom stereocenters. The number of carbonyl (C=O) groups excluding carboxylic acids is 2. The van der Waals surface area contributed by atoms with Crippen molar-refractivity contribution >= 4 is 17.5 Å². The summed E-state index contributed by atoms with van der Waals surface area (Å²) in [5, 5.41) is 2.39. The number of aromatic nitrogens is 1. The van der Waals surface area contributed by atoms with E-state index in [0.29, 0.717) is 0 Å². The Hall–Kier alpha value is -3.28. The molecular weight excluding hydrogens is 465 g/mol. The highest BCUT2D eigenvalue weighted by Gasteiger charge is 2.66. The summed E-state index contributed by atoms with van der Waals surface area (Å²) in [6.45, 7) is 2.28. The van der Waals surface area contributed by atoms with Crippen molar-refractivity contribution in [3.8, 4) is 5.75 Å². The first-order valence-electron chi connectivity index (χ1n) is 10.2. The van der Waals surface area contributed by atoms with Crippen molar-refractivity contribution in [2.24, 2.45) is 11.7 Å². The minimum absolute atomic E-state index is 0.0297. The smallest absolute Gasteiger partial charge is 0.417 e. The van der Waals surface area contributed by atoms with Crippen LogP contribution >= 0.6 is 0 Å². The molecule has 1 aromatic carbocycles. The van der Waals surface area contributed by atoms with E-state index in [1.807, 2.05) is 0 Å². The van der Waals surface area contributed by atoms with E-state index >= 15 is 0 Å². The van der Waals surface area contributed by atoms with E-state index in [9.17, 15) is 31.5 Å². The van der Waals surface area contributed by atoms with Crippen LogP contribution in [-0.4, -0.2) is 41.8 Å². The number of carbonyl (C=O) groups is 2. The lowest BCUT2D eigenvalue weighted by atomic mass is 9.74. The largest absolute Gasteiger partial charge is 0.493 e. The Kier molecular flexibility index (Phi) is 6.83. The third kappa shape index (κ3) is 4.29. The molecule has 2 amide bonds. The molecule has 3 N–H and O–H groups in total. The van der Waals surface area contributed by atoms with Gasteiger partial charge in [0, 0.05) is 29.3 Å². The van der Waals surface area contributed by atoms with E-state index in [1.54, 1.807) is 0 Å².